The molecule has 1 saturated carbocycles. The van der Waals surface area contributed by atoms with Gasteiger partial charge < -0.3 is 25.0 Å². The van der Waals surface area contributed by atoms with E-state index in [0.717, 1.165) is 53.1 Å². The van der Waals surface area contributed by atoms with Gasteiger partial charge in [0.2, 0.25) is 0 Å². The number of urea groups is 1. The molecule has 0 unspecified atom stereocenters. The van der Waals surface area contributed by atoms with Crippen LogP contribution in [0.2, 0.25) is 0 Å². The third kappa shape index (κ3) is 4.62. The molecular formula is C24H30IN3O3. The first-order chi connectivity index (χ1) is 14.9. The van der Waals surface area contributed by atoms with Crippen LogP contribution < -0.4 is 20.1 Å². The Morgan fingerprint density at radius 3 is 2.58 bits per heavy atom. The van der Waals surface area contributed by atoms with E-state index in [4.69, 9.17) is 9.47 Å². The first-order valence-corrected chi connectivity index (χ1v) is 11.8. The van der Waals surface area contributed by atoms with Crippen molar-refractivity contribution in [3.63, 3.8) is 0 Å². The summed E-state index contributed by atoms with van der Waals surface area (Å²) in [5, 5.41) is 6.16. The number of carbonyl (C=O) groups is 1. The molecule has 1 saturated heterocycles. The van der Waals surface area contributed by atoms with Gasteiger partial charge in [-0.05, 0) is 96.8 Å². The summed E-state index contributed by atoms with van der Waals surface area (Å²) < 4.78 is 12.2. The van der Waals surface area contributed by atoms with Gasteiger partial charge in [0.25, 0.3) is 0 Å². The minimum absolute atomic E-state index is 0.0824. The Morgan fingerprint density at radius 2 is 1.87 bits per heavy atom. The molecule has 7 heteroatoms. The number of halogens is 1. The highest BCUT2D eigenvalue weighted by molar-refractivity contribution is 14.1. The van der Waals surface area contributed by atoms with Gasteiger partial charge in [-0.2, -0.15) is 0 Å². The van der Waals surface area contributed by atoms with Gasteiger partial charge in [0.1, 0.15) is 0 Å². The number of hydrogen-bond donors (Lipinski definition) is 2. The zero-order valence-electron chi connectivity index (χ0n) is 18.3. The van der Waals surface area contributed by atoms with Crippen molar-refractivity contribution in [1.82, 2.24) is 10.2 Å². The Bertz CT molecular complexity index is 936. The summed E-state index contributed by atoms with van der Waals surface area (Å²) in [7, 11) is 5.54. The lowest BCUT2D eigenvalue weighted by molar-refractivity contribution is 0.197. The molecule has 31 heavy (non-hydrogen) atoms. The third-order valence-corrected chi connectivity index (χ3v) is 7.49. The summed E-state index contributed by atoms with van der Waals surface area (Å²) in [6.45, 7) is 2.06. The molecule has 2 N–H and O–H groups in total. The molecule has 3 atom stereocenters. The van der Waals surface area contributed by atoms with E-state index in [1.807, 2.05) is 30.3 Å². The lowest BCUT2D eigenvalue weighted by atomic mass is 9.63. The average molecular weight is 535 g/mol. The predicted octanol–water partition coefficient (Wildman–Crippen LogP) is 4.48. The number of amides is 2. The predicted molar refractivity (Wildman–Crippen MR) is 131 cm³/mol. The molecule has 0 radical (unpaired) electrons. The smallest absolute Gasteiger partial charge is 0.319 e. The van der Waals surface area contributed by atoms with E-state index in [2.05, 4.69) is 57.3 Å². The van der Waals surface area contributed by atoms with Crippen molar-refractivity contribution in [3.8, 4) is 11.5 Å². The molecule has 166 valence electrons. The van der Waals surface area contributed by atoms with Crippen molar-refractivity contribution in [1.29, 1.82) is 0 Å². The number of rotatable bonds is 5. The molecule has 1 aliphatic heterocycles. The molecule has 2 fully saturated rings. The summed E-state index contributed by atoms with van der Waals surface area (Å²) >= 11 is 2.26. The number of nitrogens with zero attached hydrogens (tertiary/aromatic N) is 1. The van der Waals surface area contributed by atoms with Crippen LogP contribution >= 0.6 is 22.6 Å². The first-order valence-electron chi connectivity index (χ1n) is 10.7. The number of benzene rings is 2. The van der Waals surface area contributed by atoms with E-state index in [0.29, 0.717) is 5.92 Å². The van der Waals surface area contributed by atoms with Crippen molar-refractivity contribution in [2.75, 3.05) is 39.7 Å². The first kappa shape index (κ1) is 22.2. The van der Waals surface area contributed by atoms with Crippen LogP contribution in [0.3, 0.4) is 0 Å². The van der Waals surface area contributed by atoms with Gasteiger partial charge in [0.15, 0.2) is 11.5 Å². The summed E-state index contributed by atoms with van der Waals surface area (Å²) in [5.74, 6) is 2.01. The molecule has 2 aliphatic rings. The average Bonchev–Trinajstić information content (AvgIpc) is 3.11. The van der Waals surface area contributed by atoms with Crippen molar-refractivity contribution in [2.45, 2.75) is 30.7 Å². The molecule has 4 rings (SSSR count). The number of carbonyl (C=O) groups excluding carboxylic acids is 1. The molecule has 2 aromatic carbocycles. The van der Waals surface area contributed by atoms with E-state index >= 15 is 0 Å². The van der Waals surface area contributed by atoms with Crippen molar-refractivity contribution in [3.05, 3.63) is 51.6 Å². The molecule has 0 bridgehead atoms. The van der Waals surface area contributed by atoms with Crippen LogP contribution in [0.5, 0.6) is 11.5 Å². The number of fused-ring (bicyclic) bond motifs is 1. The van der Waals surface area contributed by atoms with Gasteiger partial charge in [-0.25, -0.2) is 4.79 Å². The highest BCUT2D eigenvalue weighted by Crippen LogP contribution is 2.49. The number of ether oxygens (including phenoxy) is 2. The Kier molecular flexibility index (Phi) is 6.62. The zero-order chi connectivity index (χ0) is 22.0. The maximum atomic E-state index is 12.6. The Labute approximate surface area is 197 Å². The number of nitrogens with one attached hydrogen (secondary N) is 2. The van der Waals surface area contributed by atoms with Crippen molar-refractivity contribution < 1.29 is 14.3 Å². The lowest BCUT2D eigenvalue weighted by Crippen LogP contribution is -2.48. The largest absolute Gasteiger partial charge is 0.493 e. The molecule has 2 aromatic rings. The molecule has 0 spiro atoms. The Hall–Kier alpha value is -2.00. The fourth-order valence-corrected chi connectivity index (χ4v) is 5.70. The van der Waals surface area contributed by atoms with E-state index in [1.165, 1.54) is 5.56 Å². The monoisotopic (exact) mass is 535 g/mol. The maximum absolute atomic E-state index is 12.6. The van der Waals surface area contributed by atoms with Gasteiger partial charge in [-0.1, -0.05) is 6.07 Å². The van der Waals surface area contributed by atoms with Gasteiger partial charge in [-0.3, -0.25) is 0 Å². The van der Waals surface area contributed by atoms with Gasteiger partial charge in [0, 0.05) is 33.8 Å². The fourth-order valence-electron chi connectivity index (χ4n) is 5.34. The zero-order valence-corrected chi connectivity index (χ0v) is 20.4. The van der Waals surface area contributed by atoms with Crippen LogP contribution in [0, 0.1) is 9.49 Å². The SMILES string of the molecule is COc1ccc([C@]23CC[C@H](NC(=O)Nc4ccc(I)cc4)C[C@@H]2CN(C)C3)cc1OC. The normalized spacial score (nSPS) is 25.5. The van der Waals surface area contributed by atoms with Gasteiger partial charge in [0.05, 0.1) is 14.2 Å². The van der Waals surface area contributed by atoms with Crippen LogP contribution in [-0.2, 0) is 5.41 Å². The van der Waals surface area contributed by atoms with E-state index in [1.54, 1.807) is 14.2 Å². The molecule has 1 heterocycles. The quantitative estimate of drug-likeness (QED) is 0.555. The topological polar surface area (TPSA) is 62.8 Å². The van der Waals surface area contributed by atoms with Crippen LogP contribution in [0.1, 0.15) is 24.8 Å². The highest BCUT2D eigenvalue weighted by Gasteiger charge is 2.50. The summed E-state index contributed by atoms with van der Waals surface area (Å²) in [6.07, 6.45) is 2.96. The van der Waals surface area contributed by atoms with Gasteiger partial charge in [-0.15, -0.1) is 0 Å². The Balaban J connectivity index is 1.47. The van der Waals surface area contributed by atoms with E-state index in [-0.39, 0.29) is 17.5 Å². The van der Waals surface area contributed by atoms with Crippen molar-refractivity contribution in [2.24, 2.45) is 5.92 Å². The number of likely N-dealkylation sites (N-methyl/N-ethyl adjacent to an activating group) is 1. The van der Waals surface area contributed by atoms with E-state index in [9.17, 15) is 4.79 Å². The molecule has 1 aliphatic carbocycles. The number of methoxy groups -OCH3 is 2. The van der Waals surface area contributed by atoms with Crippen LogP contribution in [0.15, 0.2) is 42.5 Å². The fraction of sp³-hybridized carbons (Fsp3) is 0.458. The van der Waals surface area contributed by atoms with E-state index < -0.39 is 0 Å². The minimum atomic E-state index is -0.129. The standard InChI is InChI=1S/C24H30IN3O3/c1-28-14-17-12-20(27-23(29)26-19-7-5-18(25)6-8-19)10-11-24(17,15-28)16-4-9-21(30-2)22(13-16)31-3/h4-9,13,17,20H,10-12,14-15H2,1-3H3,(H2,26,27,29)/t17-,20+,24-/m1/s1. The van der Waals surface area contributed by atoms with Crippen molar-refractivity contribution >= 4 is 34.3 Å². The summed E-state index contributed by atoms with van der Waals surface area (Å²) in [6, 6.07) is 14.2. The van der Waals surface area contributed by atoms with Gasteiger partial charge >= 0.3 is 6.03 Å². The molecule has 0 aromatic heterocycles. The number of hydrogen-bond acceptors (Lipinski definition) is 4. The third-order valence-electron chi connectivity index (χ3n) is 6.77. The summed E-state index contributed by atoms with van der Waals surface area (Å²) in [5.41, 5.74) is 2.20. The Morgan fingerprint density at radius 1 is 1.13 bits per heavy atom. The van der Waals surface area contributed by atoms with Crippen LogP contribution in [0.25, 0.3) is 0 Å². The second kappa shape index (κ2) is 9.24. The molecular weight excluding hydrogens is 505 g/mol. The highest BCUT2D eigenvalue weighted by atomic mass is 127. The second-order valence-corrected chi connectivity index (χ2v) is 9.94. The number of anilines is 1. The number of likely N-dealkylation sites (tertiary alicyclic amines) is 1. The second-order valence-electron chi connectivity index (χ2n) is 8.70. The lowest BCUT2D eigenvalue weighted by Gasteiger charge is -2.42. The maximum Gasteiger partial charge on any atom is 0.319 e. The molecule has 6 nitrogen and oxygen atoms in total. The minimum Gasteiger partial charge on any atom is -0.493 e. The summed E-state index contributed by atoms with van der Waals surface area (Å²) in [4.78, 5) is 15.0. The van der Waals surface area contributed by atoms with Crippen LogP contribution in [-0.4, -0.2) is 51.3 Å². The molecule has 2 amide bonds. The van der Waals surface area contributed by atoms with Crippen LogP contribution in [0.4, 0.5) is 10.5 Å².